The number of hydrogen-bond acceptors (Lipinski definition) is 2. The fourth-order valence-electron chi connectivity index (χ4n) is 1.75. The van der Waals surface area contributed by atoms with E-state index in [-0.39, 0.29) is 5.24 Å². The Balaban J connectivity index is 0. The van der Waals surface area contributed by atoms with E-state index >= 15 is 0 Å². The highest BCUT2D eigenvalue weighted by Crippen LogP contribution is 2.06. The van der Waals surface area contributed by atoms with Gasteiger partial charge < -0.3 is 5.11 Å². The lowest BCUT2D eigenvalue weighted by molar-refractivity contribution is -0.137. The van der Waals surface area contributed by atoms with Crippen molar-refractivity contribution in [2.75, 3.05) is 0 Å². The van der Waals surface area contributed by atoms with Gasteiger partial charge in [0.15, 0.2) is 0 Å². The lowest BCUT2D eigenvalue weighted by Gasteiger charge is -1.95. The van der Waals surface area contributed by atoms with Crippen molar-refractivity contribution in [3.63, 3.8) is 0 Å². The third kappa shape index (κ3) is 26.1. The quantitative estimate of drug-likeness (QED) is 0.380. The Morgan fingerprint density at radius 2 is 1.15 bits per heavy atom. The Labute approximate surface area is 129 Å². The first-order valence-electron chi connectivity index (χ1n) is 7.94. The maximum absolute atomic E-state index is 10.2. The van der Waals surface area contributed by atoms with E-state index in [0.717, 1.165) is 25.7 Å². The minimum absolute atomic E-state index is 0.198. The highest BCUT2D eigenvalue weighted by atomic mass is 35.5. The number of hydrogen-bond donors (Lipinski definition) is 1. The van der Waals surface area contributed by atoms with Gasteiger partial charge >= 0.3 is 5.97 Å². The molecule has 1 N–H and O–H groups in total. The van der Waals surface area contributed by atoms with Crippen molar-refractivity contribution < 1.29 is 14.7 Å². The number of carbonyl (C=O) groups excluding carboxylic acids is 1. The monoisotopic (exact) mass is 306 g/mol. The first kappa shape index (κ1) is 21.7. The van der Waals surface area contributed by atoms with Gasteiger partial charge in [-0.1, -0.05) is 65.2 Å². The average molecular weight is 307 g/mol. The molecular weight excluding hydrogens is 276 g/mol. The van der Waals surface area contributed by atoms with Gasteiger partial charge in [-0.05, 0) is 24.4 Å². The van der Waals surface area contributed by atoms with Crippen molar-refractivity contribution in [3.05, 3.63) is 0 Å². The molecule has 0 radical (unpaired) electrons. The topological polar surface area (TPSA) is 54.4 Å². The largest absolute Gasteiger partial charge is 0.481 e. The van der Waals surface area contributed by atoms with Crippen LogP contribution in [0.15, 0.2) is 0 Å². The normalized spacial score (nSPS) is 9.75. The van der Waals surface area contributed by atoms with E-state index in [2.05, 4.69) is 13.8 Å². The maximum atomic E-state index is 10.2. The second kappa shape index (κ2) is 18.4. The molecule has 0 aromatic heterocycles. The highest BCUT2D eigenvalue weighted by Gasteiger charge is 1.95. The maximum Gasteiger partial charge on any atom is 0.303 e. The van der Waals surface area contributed by atoms with Crippen LogP contribution < -0.4 is 0 Å². The fourth-order valence-corrected chi connectivity index (χ4v) is 1.88. The number of aliphatic carboxylic acids is 1. The van der Waals surface area contributed by atoms with E-state index in [1.165, 1.54) is 38.5 Å². The first-order chi connectivity index (χ1) is 9.54. The number of carboxylic acid groups (broad SMARTS) is 1. The van der Waals surface area contributed by atoms with Gasteiger partial charge in [-0.2, -0.15) is 0 Å². The molecule has 3 nitrogen and oxygen atoms in total. The lowest BCUT2D eigenvalue weighted by atomic mass is 10.1. The van der Waals surface area contributed by atoms with Gasteiger partial charge in [-0.3, -0.25) is 9.59 Å². The van der Waals surface area contributed by atoms with E-state index in [0.29, 0.717) is 12.8 Å². The van der Waals surface area contributed by atoms with Crippen LogP contribution in [0, 0.1) is 0 Å². The molecule has 0 fully saturated rings. The second-order valence-corrected chi connectivity index (χ2v) is 5.50. The Morgan fingerprint density at radius 1 is 0.750 bits per heavy atom. The third-order valence-corrected chi connectivity index (χ3v) is 3.16. The number of unbranched alkanes of at least 4 members (excludes halogenated alkanes) is 8. The van der Waals surface area contributed by atoms with Gasteiger partial charge in [0.2, 0.25) is 5.24 Å². The van der Waals surface area contributed by atoms with Gasteiger partial charge in [-0.15, -0.1) is 0 Å². The summed E-state index contributed by atoms with van der Waals surface area (Å²) in [5.41, 5.74) is 0. The van der Waals surface area contributed by atoms with Crippen LogP contribution in [0.2, 0.25) is 0 Å². The molecule has 0 unspecified atom stereocenters. The molecule has 0 spiro atoms. The van der Waals surface area contributed by atoms with Gasteiger partial charge in [0.1, 0.15) is 0 Å². The zero-order valence-electron chi connectivity index (χ0n) is 13.1. The Bertz CT molecular complexity index is 206. The van der Waals surface area contributed by atoms with Crippen molar-refractivity contribution in [2.24, 2.45) is 0 Å². The molecule has 120 valence electrons. The summed E-state index contributed by atoms with van der Waals surface area (Å²) in [5, 5.41) is 8.07. The van der Waals surface area contributed by atoms with E-state index in [1.54, 1.807) is 0 Å². The molecule has 0 aliphatic heterocycles. The SMILES string of the molecule is CCCCCCCC(=O)Cl.CCCCCCCC(=O)O. The molecule has 0 heterocycles. The van der Waals surface area contributed by atoms with E-state index in [9.17, 15) is 9.59 Å². The van der Waals surface area contributed by atoms with Crippen LogP contribution >= 0.6 is 11.6 Å². The molecule has 0 saturated carbocycles. The minimum atomic E-state index is -0.670. The minimum Gasteiger partial charge on any atom is -0.481 e. The number of halogens is 1. The van der Waals surface area contributed by atoms with Crippen LogP contribution in [0.25, 0.3) is 0 Å². The van der Waals surface area contributed by atoms with Crippen molar-refractivity contribution in [2.45, 2.75) is 90.9 Å². The summed E-state index contributed by atoms with van der Waals surface area (Å²) in [6, 6.07) is 0. The summed E-state index contributed by atoms with van der Waals surface area (Å²) in [6.07, 6.45) is 12.3. The Morgan fingerprint density at radius 3 is 1.50 bits per heavy atom. The second-order valence-electron chi connectivity index (χ2n) is 5.08. The molecular formula is C16H31ClO3. The molecule has 0 amide bonds. The van der Waals surface area contributed by atoms with Crippen LogP contribution in [0.4, 0.5) is 0 Å². The molecule has 20 heavy (non-hydrogen) atoms. The Hall–Kier alpha value is -0.570. The molecule has 0 rings (SSSR count). The predicted molar refractivity (Wildman–Crippen MR) is 85.2 cm³/mol. The smallest absolute Gasteiger partial charge is 0.303 e. The van der Waals surface area contributed by atoms with Crippen molar-refractivity contribution >= 4 is 22.8 Å². The van der Waals surface area contributed by atoms with Crippen LogP contribution in [0.1, 0.15) is 90.9 Å². The number of carbonyl (C=O) groups is 2. The summed E-state index contributed by atoms with van der Waals surface area (Å²) >= 11 is 5.15. The van der Waals surface area contributed by atoms with Crippen molar-refractivity contribution in [1.82, 2.24) is 0 Å². The van der Waals surface area contributed by atoms with Crippen LogP contribution in [0.3, 0.4) is 0 Å². The molecule has 0 aromatic carbocycles. The van der Waals surface area contributed by atoms with Gasteiger partial charge in [-0.25, -0.2) is 0 Å². The summed E-state index contributed by atoms with van der Waals surface area (Å²) in [5.74, 6) is -0.670. The summed E-state index contributed by atoms with van der Waals surface area (Å²) < 4.78 is 0. The average Bonchev–Trinajstić information content (AvgIpc) is 2.38. The highest BCUT2D eigenvalue weighted by molar-refractivity contribution is 6.63. The molecule has 0 atom stereocenters. The summed E-state index contributed by atoms with van der Waals surface area (Å²) in [4.78, 5) is 20.3. The third-order valence-electron chi connectivity index (χ3n) is 2.97. The van der Waals surface area contributed by atoms with Crippen LogP contribution in [-0.4, -0.2) is 16.3 Å². The molecule has 0 aliphatic rings. The zero-order valence-corrected chi connectivity index (χ0v) is 13.9. The predicted octanol–water partition coefficient (Wildman–Crippen LogP) is 5.54. The summed E-state index contributed by atoms with van der Waals surface area (Å²) in [7, 11) is 0. The van der Waals surface area contributed by atoms with E-state index in [1.807, 2.05) is 0 Å². The molecule has 0 saturated heterocycles. The zero-order chi connectivity index (χ0) is 15.6. The lowest BCUT2D eigenvalue weighted by Crippen LogP contribution is -1.93. The van der Waals surface area contributed by atoms with Gasteiger partial charge in [0.25, 0.3) is 0 Å². The number of carboxylic acids is 1. The molecule has 4 heteroatoms. The molecule has 0 bridgehead atoms. The number of rotatable bonds is 12. The molecule has 0 aliphatic carbocycles. The van der Waals surface area contributed by atoms with Crippen molar-refractivity contribution in [3.8, 4) is 0 Å². The van der Waals surface area contributed by atoms with Gasteiger partial charge in [0.05, 0.1) is 0 Å². The Kier molecular flexibility index (Phi) is 20.0. The standard InChI is InChI=1S/C8H15ClO.C8H16O2/c2*1-2-3-4-5-6-7-8(9)10/h2-7H2,1H3;2-7H2,1H3,(H,9,10). The van der Waals surface area contributed by atoms with Gasteiger partial charge in [0, 0.05) is 12.8 Å². The van der Waals surface area contributed by atoms with Crippen molar-refractivity contribution in [1.29, 1.82) is 0 Å². The molecule has 0 aromatic rings. The van der Waals surface area contributed by atoms with E-state index in [4.69, 9.17) is 16.7 Å². The van der Waals surface area contributed by atoms with Crippen LogP contribution in [0.5, 0.6) is 0 Å². The first-order valence-corrected chi connectivity index (χ1v) is 8.32. The van der Waals surface area contributed by atoms with Crippen LogP contribution in [-0.2, 0) is 9.59 Å². The van der Waals surface area contributed by atoms with E-state index < -0.39 is 5.97 Å². The fraction of sp³-hybridized carbons (Fsp3) is 0.875. The summed E-state index contributed by atoms with van der Waals surface area (Å²) in [6.45, 7) is 4.32.